The molecular weight excluding hydrogens is 326 g/mol. The van der Waals surface area contributed by atoms with Gasteiger partial charge in [0, 0.05) is 28.4 Å². The zero-order valence-corrected chi connectivity index (χ0v) is 12.2. The number of rotatable bonds is 4. The van der Waals surface area contributed by atoms with Gasteiger partial charge in [-0.25, -0.2) is 15.0 Å². The summed E-state index contributed by atoms with van der Waals surface area (Å²) in [7, 11) is 0. The van der Waals surface area contributed by atoms with Crippen LogP contribution in [0.5, 0.6) is 0 Å². The van der Waals surface area contributed by atoms with Crippen molar-refractivity contribution in [2.75, 3.05) is 5.32 Å². The Hall–Kier alpha value is -1.73. The monoisotopic (exact) mass is 335 g/mol. The van der Waals surface area contributed by atoms with Crippen molar-refractivity contribution in [2.45, 2.75) is 6.54 Å². The molecule has 19 heavy (non-hydrogen) atoms. The molecule has 0 spiro atoms. The van der Waals surface area contributed by atoms with Crippen molar-refractivity contribution >= 4 is 38.2 Å². The van der Waals surface area contributed by atoms with Gasteiger partial charge in [0.15, 0.2) is 5.13 Å². The first-order valence-electron chi connectivity index (χ1n) is 5.58. The van der Waals surface area contributed by atoms with Gasteiger partial charge in [0.25, 0.3) is 0 Å². The molecule has 3 aromatic rings. The van der Waals surface area contributed by atoms with Crippen molar-refractivity contribution in [3.05, 3.63) is 52.6 Å². The van der Waals surface area contributed by atoms with Crippen molar-refractivity contribution in [3.8, 4) is 0 Å². The third-order valence-electron chi connectivity index (χ3n) is 2.42. The summed E-state index contributed by atoms with van der Waals surface area (Å²) in [5.41, 5.74) is 1.00. The lowest BCUT2D eigenvalue weighted by atomic mass is 10.5. The Kier molecular flexibility index (Phi) is 3.56. The molecular formula is C12H10BrN5S. The number of aromatic nitrogens is 4. The maximum Gasteiger partial charge on any atom is 0.188 e. The van der Waals surface area contributed by atoms with Crippen LogP contribution in [0.1, 0.15) is 5.69 Å². The Labute approximate surface area is 122 Å². The number of nitrogens with one attached hydrogen (secondary N) is 1. The van der Waals surface area contributed by atoms with Crippen LogP contribution in [0.2, 0.25) is 0 Å². The summed E-state index contributed by atoms with van der Waals surface area (Å²) in [6, 6.07) is 3.84. The summed E-state index contributed by atoms with van der Waals surface area (Å²) in [5.74, 6) is 0.784. The predicted molar refractivity (Wildman–Crippen MR) is 78.7 cm³/mol. The molecule has 3 heterocycles. The first-order chi connectivity index (χ1) is 9.29. The lowest BCUT2D eigenvalue weighted by Gasteiger charge is -2.01. The molecule has 0 aliphatic heterocycles. The molecule has 96 valence electrons. The van der Waals surface area contributed by atoms with Crippen LogP contribution in [-0.2, 0) is 6.54 Å². The van der Waals surface area contributed by atoms with Crippen LogP contribution in [0.3, 0.4) is 0 Å². The molecule has 5 nitrogen and oxygen atoms in total. The van der Waals surface area contributed by atoms with Crippen molar-refractivity contribution in [1.82, 2.24) is 19.5 Å². The van der Waals surface area contributed by atoms with Crippen LogP contribution in [-0.4, -0.2) is 19.5 Å². The maximum absolute atomic E-state index is 4.51. The zero-order valence-electron chi connectivity index (χ0n) is 9.82. The predicted octanol–water partition coefficient (Wildman–Crippen LogP) is 3.29. The van der Waals surface area contributed by atoms with E-state index in [1.807, 2.05) is 28.3 Å². The van der Waals surface area contributed by atoms with Crippen molar-refractivity contribution in [3.63, 3.8) is 0 Å². The molecule has 0 radical (unpaired) electrons. The number of hydrogen-bond donors (Lipinski definition) is 1. The summed E-state index contributed by atoms with van der Waals surface area (Å²) >= 11 is 4.92. The van der Waals surface area contributed by atoms with E-state index in [9.17, 15) is 0 Å². The molecule has 3 rings (SSSR count). The van der Waals surface area contributed by atoms with Crippen LogP contribution in [0, 0.1) is 0 Å². The van der Waals surface area contributed by atoms with Gasteiger partial charge < -0.3 is 9.88 Å². The molecule has 0 aromatic carbocycles. The van der Waals surface area contributed by atoms with Crippen LogP contribution in [0.4, 0.5) is 10.9 Å². The number of pyridine rings is 1. The van der Waals surface area contributed by atoms with E-state index in [2.05, 4.69) is 36.2 Å². The highest BCUT2D eigenvalue weighted by atomic mass is 79.9. The number of nitrogens with zero attached hydrogens (tertiary/aromatic N) is 4. The Balaban J connectivity index is 1.69. The molecule has 1 N–H and O–H groups in total. The fourth-order valence-corrected chi connectivity index (χ4v) is 2.51. The second kappa shape index (κ2) is 5.50. The maximum atomic E-state index is 4.51. The van der Waals surface area contributed by atoms with E-state index < -0.39 is 0 Å². The highest BCUT2D eigenvalue weighted by Crippen LogP contribution is 2.21. The average molecular weight is 336 g/mol. The fraction of sp³-hybridized carbons (Fsp3) is 0.0833. The number of thiazole rings is 1. The second-order valence-corrected chi connectivity index (χ2v) is 5.64. The van der Waals surface area contributed by atoms with Gasteiger partial charge in [0.05, 0.1) is 18.6 Å². The Morgan fingerprint density at radius 1 is 1.37 bits per heavy atom. The minimum absolute atomic E-state index is 0.728. The SMILES string of the molecule is Brc1ccc(Nc2nc(Cn3ccnc3)cs2)nc1. The van der Waals surface area contributed by atoms with E-state index in [1.54, 1.807) is 30.1 Å². The normalized spacial score (nSPS) is 10.6. The van der Waals surface area contributed by atoms with Gasteiger partial charge in [-0.05, 0) is 28.1 Å². The summed E-state index contributed by atoms with van der Waals surface area (Å²) in [6.07, 6.45) is 7.21. The van der Waals surface area contributed by atoms with E-state index in [1.165, 1.54) is 0 Å². The summed E-state index contributed by atoms with van der Waals surface area (Å²) in [5, 5.41) is 6.05. The molecule has 0 atom stereocenters. The molecule has 0 unspecified atom stereocenters. The topological polar surface area (TPSA) is 55.6 Å². The second-order valence-electron chi connectivity index (χ2n) is 3.87. The average Bonchev–Trinajstić information content (AvgIpc) is 3.05. The molecule has 7 heteroatoms. The lowest BCUT2D eigenvalue weighted by molar-refractivity contribution is 0.779. The Bertz CT molecular complexity index is 647. The molecule has 0 amide bonds. The van der Waals surface area contributed by atoms with Crippen LogP contribution >= 0.6 is 27.3 Å². The van der Waals surface area contributed by atoms with E-state index >= 15 is 0 Å². The number of imidazole rings is 1. The number of halogens is 1. The number of anilines is 2. The molecule has 0 saturated heterocycles. The van der Waals surface area contributed by atoms with Crippen molar-refractivity contribution in [1.29, 1.82) is 0 Å². The van der Waals surface area contributed by atoms with Crippen molar-refractivity contribution < 1.29 is 0 Å². The fourth-order valence-electron chi connectivity index (χ4n) is 1.56. The van der Waals surface area contributed by atoms with Gasteiger partial charge in [0.2, 0.25) is 0 Å². The van der Waals surface area contributed by atoms with E-state index in [4.69, 9.17) is 0 Å². The first kappa shape index (κ1) is 12.3. The van der Waals surface area contributed by atoms with Crippen molar-refractivity contribution in [2.24, 2.45) is 0 Å². The largest absolute Gasteiger partial charge is 0.331 e. The van der Waals surface area contributed by atoms with Crippen LogP contribution in [0.25, 0.3) is 0 Å². The smallest absolute Gasteiger partial charge is 0.188 e. The van der Waals surface area contributed by atoms with Gasteiger partial charge in [-0.1, -0.05) is 0 Å². The van der Waals surface area contributed by atoms with Gasteiger partial charge in [0.1, 0.15) is 5.82 Å². The third-order valence-corrected chi connectivity index (χ3v) is 3.69. The summed E-state index contributed by atoms with van der Waals surface area (Å²) in [4.78, 5) is 12.8. The minimum Gasteiger partial charge on any atom is -0.331 e. The third kappa shape index (κ3) is 3.18. The quantitative estimate of drug-likeness (QED) is 0.794. The van der Waals surface area contributed by atoms with E-state index in [-0.39, 0.29) is 0 Å². The zero-order chi connectivity index (χ0) is 13.1. The minimum atomic E-state index is 0.728. The molecule has 3 aromatic heterocycles. The first-order valence-corrected chi connectivity index (χ1v) is 7.25. The van der Waals surface area contributed by atoms with E-state index in [0.717, 1.165) is 27.7 Å². The molecule has 0 bridgehead atoms. The highest BCUT2D eigenvalue weighted by Gasteiger charge is 2.03. The Morgan fingerprint density at radius 2 is 2.32 bits per heavy atom. The van der Waals surface area contributed by atoms with Crippen LogP contribution in [0.15, 0.2) is 46.9 Å². The molecule has 0 aliphatic carbocycles. The molecule has 0 fully saturated rings. The van der Waals surface area contributed by atoms with Crippen LogP contribution < -0.4 is 5.32 Å². The van der Waals surface area contributed by atoms with Gasteiger partial charge in [-0.15, -0.1) is 11.3 Å². The standard InChI is InChI=1S/C12H10BrN5S/c13-9-1-2-11(15-5-9)17-12-16-10(7-19-12)6-18-4-3-14-8-18/h1-5,7-8H,6H2,(H,15,16,17). The van der Waals surface area contributed by atoms with E-state index in [0.29, 0.717) is 0 Å². The van der Waals surface area contributed by atoms with Gasteiger partial charge in [-0.3, -0.25) is 0 Å². The lowest BCUT2D eigenvalue weighted by Crippen LogP contribution is -1.97. The molecule has 0 aliphatic rings. The summed E-state index contributed by atoms with van der Waals surface area (Å²) < 4.78 is 2.94. The molecule has 0 saturated carbocycles. The highest BCUT2D eigenvalue weighted by molar-refractivity contribution is 9.10. The van der Waals surface area contributed by atoms with Gasteiger partial charge in [-0.2, -0.15) is 0 Å². The number of hydrogen-bond acceptors (Lipinski definition) is 5. The van der Waals surface area contributed by atoms with Gasteiger partial charge >= 0.3 is 0 Å². The summed E-state index contributed by atoms with van der Waals surface area (Å²) in [6.45, 7) is 0.728. The Morgan fingerprint density at radius 3 is 3.05 bits per heavy atom.